The molecule has 3 N–H and O–H groups in total. The van der Waals surface area contributed by atoms with Gasteiger partial charge in [0.1, 0.15) is 11.5 Å². The lowest BCUT2D eigenvalue weighted by atomic mass is 10.2. The second-order valence-corrected chi connectivity index (χ2v) is 10.1. The minimum absolute atomic E-state index is 0.341. The van der Waals surface area contributed by atoms with E-state index in [-0.39, 0.29) is 5.91 Å². The van der Waals surface area contributed by atoms with Gasteiger partial charge in [0.2, 0.25) is 11.8 Å². The Morgan fingerprint density at radius 2 is 1.42 bits per heavy atom. The third-order valence-corrected chi connectivity index (χ3v) is 7.12. The number of benzene rings is 2. The summed E-state index contributed by atoms with van der Waals surface area (Å²) in [6.07, 6.45) is 0. The Bertz CT molecular complexity index is 855. The summed E-state index contributed by atoms with van der Waals surface area (Å²) in [5.74, 6) is 2.58. The number of thioether (sulfide) groups is 2. The fourth-order valence-electron chi connectivity index (χ4n) is 2.51. The fraction of sp³-hybridized carbons (Fsp3) is 0.391. The molecule has 2 aromatic rings. The molecule has 0 radical (unpaired) electrons. The van der Waals surface area contributed by atoms with Crippen LogP contribution < -0.4 is 20.5 Å². The molecule has 0 fully saturated rings. The first-order valence-electron chi connectivity index (χ1n) is 9.83. The van der Waals surface area contributed by atoms with Crippen LogP contribution in [0.15, 0.2) is 48.5 Å². The molecule has 0 bridgehead atoms. The number of imide groups is 1. The molecule has 8 heteroatoms. The summed E-state index contributed by atoms with van der Waals surface area (Å²) in [5, 5.41) is 2.46. The number of hydrogen-bond acceptors (Lipinski definition) is 7. The van der Waals surface area contributed by atoms with Crippen molar-refractivity contribution in [1.29, 1.82) is 0 Å². The van der Waals surface area contributed by atoms with Crippen LogP contribution in [0, 0.1) is 0 Å². The Balaban J connectivity index is 1.76. The van der Waals surface area contributed by atoms with E-state index >= 15 is 0 Å². The predicted molar refractivity (Wildman–Crippen MR) is 129 cm³/mol. The van der Waals surface area contributed by atoms with E-state index in [1.165, 1.54) is 11.8 Å². The van der Waals surface area contributed by atoms with Gasteiger partial charge >= 0.3 is 0 Å². The smallest absolute Gasteiger partial charge is 0.244 e. The zero-order chi connectivity index (χ0) is 22.9. The van der Waals surface area contributed by atoms with E-state index < -0.39 is 16.7 Å². The third-order valence-electron chi connectivity index (χ3n) is 4.60. The maximum Gasteiger partial charge on any atom is 0.244 e. The summed E-state index contributed by atoms with van der Waals surface area (Å²) in [6.45, 7) is 3.60. The van der Waals surface area contributed by atoms with E-state index in [1.807, 2.05) is 48.5 Å². The van der Waals surface area contributed by atoms with Gasteiger partial charge in [0, 0.05) is 17.3 Å². The van der Waals surface area contributed by atoms with Crippen LogP contribution in [-0.4, -0.2) is 42.6 Å². The lowest BCUT2D eigenvalue weighted by Crippen LogP contribution is -2.50. The number of rotatable bonds is 11. The summed E-state index contributed by atoms with van der Waals surface area (Å²) < 4.78 is 9.52. The molecule has 168 valence electrons. The molecule has 1 atom stereocenters. The molecule has 6 nitrogen and oxygen atoms in total. The topological polar surface area (TPSA) is 90.6 Å². The molecule has 0 aliphatic rings. The van der Waals surface area contributed by atoms with Crippen LogP contribution >= 0.6 is 23.5 Å². The van der Waals surface area contributed by atoms with Crippen molar-refractivity contribution in [3.05, 3.63) is 59.7 Å². The average molecular weight is 463 g/mol. The van der Waals surface area contributed by atoms with Gasteiger partial charge in [-0.2, -0.15) is 11.8 Å². The molecule has 0 aromatic heterocycles. The van der Waals surface area contributed by atoms with Crippen molar-refractivity contribution in [1.82, 2.24) is 5.32 Å². The van der Waals surface area contributed by atoms with Crippen LogP contribution in [0.1, 0.15) is 25.0 Å². The van der Waals surface area contributed by atoms with Crippen LogP contribution in [0.3, 0.4) is 0 Å². The van der Waals surface area contributed by atoms with Gasteiger partial charge in [0.15, 0.2) is 0 Å². The van der Waals surface area contributed by atoms with Crippen molar-refractivity contribution < 1.29 is 19.1 Å². The molecule has 2 rings (SSSR count). The zero-order valence-corrected chi connectivity index (χ0v) is 20.0. The molecule has 0 unspecified atom stereocenters. The number of carbonyl (C=O) groups is 2. The highest BCUT2D eigenvalue weighted by Crippen LogP contribution is 2.29. The second kappa shape index (κ2) is 12.0. The highest BCUT2D eigenvalue weighted by Gasteiger charge is 2.30. The van der Waals surface area contributed by atoms with Gasteiger partial charge in [0.25, 0.3) is 0 Å². The lowest BCUT2D eigenvalue weighted by Gasteiger charge is -2.23. The second-order valence-electron chi connectivity index (χ2n) is 7.44. The van der Waals surface area contributed by atoms with Crippen LogP contribution in [0.4, 0.5) is 0 Å². The molecule has 0 aliphatic carbocycles. The van der Waals surface area contributed by atoms with Crippen molar-refractivity contribution in [2.24, 2.45) is 5.73 Å². The van der Waals surface area contributed by atoms with Crippen molar-refractivity contribution in [2.45, 2.75) is 36.1 Å². The van der Waals surface area contributed by atoms with Gasteiger partial charge in [-0.3, -0.25) is 14.9 Å². The van der Waals surface area contributed by atoms with E-state index in [1.54, 1.807) is 39.8 Å². The normalized spacial score (nSPS) is 12.2. The fourth-order valence-corrected chi connectivity index (χ4v) is 4.36. The number of nitrogens with one attached hydrogen (secondary N) is 1. The molecule has 0 aliphatic heterocycles. The van der Waals surface area contributed by atoms with E-state index in [9.17, 15) is 9.59 Å². The first kappa shape index (κ1) is 25.1. The number of methoxy groups -OCH3 is 2. The summed E-state index contributed by atoms with van der Waals surface area (Å²) >= 11 is 3.01. The predicted octanol–water partition coefficient (Wildman–Crippen LogP) is 3.62. The van der Waals surface area contributed by atoms with Crippen molar-refractivity contribution >= 4 is 35.3 Å². The summed E-state index contributed by atoms with van der Waals surface area (Å²) in [5.41, 5.74) is 8.18. The van der Waals surface area contributed by atoms with Crippen LogP contribution in [0.2, 0.25) is 0 Å². The zero-order valence-electron chi connectivity index (χ0n) is 18.3. The van der Waals surface area contributed by atoms with Crippen molar-refractivity contribution in [3.8, 4) is 11.5 Å². The van der Waals surface area contributed by atoms with Gasteiger partial charge in [-0.25, -0.2) is 0 Å². The van der Waals surface area contributed by atoms with Gasteiger partial charge in [0.05, 0.1) is 25.0 Å². The Hall–Kier alpha value is -2.16. The molecule has 0 heterocycles. The van der Waals surface area contributed by atoms with E-state index in [0.29, 0.717) is 11.5 Å². The Morgan fingerprint density at radius 1 is 0.935 bits per heavy atom. The standard InChI is InChI=1S/C23H30N2O4S2/c1-23(2,31-14-17-7-11-19(29-4)12-8-17)22(27)25-21(26)20(24)15-30-13-16-5-9-18(28-3)10-6-16/h5-12,20H,13-15,24H2,1-4H3,(H,25,26,27)/t20-/m0/s1. The Morgan fingerprint density at radius 3 is 1.90 bits per heavy atom. The number of ether oxygens (including phenoxy) is 2. The van der Waals surface area contributed by atoms with Crippen LogP contribution in [0.25, 0.3) is 0 Å². The van der Waals surface area contributed by atoms with Gasteiger partial charge in [-0.1, -0.05) is 24.3 Å². The third kappa shape index (κ3) is 8.12. The largest absolute Gasteiger partial charge is 0.497 e. The first-order chi connectivity index (χ1) is 14.7. The highest BCUT2D eigenvalue weighted by atomic mass is 32.2. The summed E-state index contributed by atoms with van der Waals surface area (Å²) in [7, 11) is 3.25. The average Bonchev–Trinajstić information content (AvgIpc) is 2.78. The molecule has 0 saturated heterocycles. The van der Waals surface area contributed by atoms with Gasteiger partial charge in [-0.15, -0.1) is 11.8 Å². The SMILES string of the molecule is COc1ccc(CSC[C@H](N)C(=O)NC(=O)C(C)(C)SCc2ccc(OC)cc2)cc1. The maximum absolute atomic E-state index is 12.6. The van der Waals surface area contributed by atoms with Gasteiger partial charge in [-0.05, 0) is 49.2 Å². The monoisotopic (exact) mass is 462 g/mol. The molecular formula is C23H30N2O4S2. The minimum Gasteiger partial charge on any atom is -0.497 e. The quantitative estimate of drug-likeness (QED) is 0.527. The lowest BCUT2D eigenvalue weighted by molar-refractivity contribution is -0.131. The summed E-state index contributed by atoms with van der Waals surface area (Å²) in [4.78, 5) is 25.0. The van der Waals surface area contributed by atoms with Crippen molar-refractivity contribution in [3.63, 3.8) is 0 Å². The summed E-state index contributed by atoms with van der Waals surface area (Å²) in [6, 6.07) is 14.7. The molecule has 31 heavy (non-hydrogen) atoms. The van der Waals surface area contributed by atoms with Crippen LogP contribution in [0.5, 0.6) is 11.5 Å². The molecule has 0 spiro atoms. The minimum atomic E-state index is -0.772. The van der Waals surface area contributed by atoms with Crippen LogP contribution in [-0.2, 0) is 21.1 Å². The molecular weight excluding hydrogens is 432 g/mol. The number of nitrogens with two attached hydrogens (primary N) is 1. The van der Waals surface area contributed by atoms with E-state index in [0.717, 1.165) is 28.4 Å². The molecule has 2 amide bonds. The number of amides is 2. The van der Waals surface area contributed by atoms with E-state index in [2.05, 4.69) is 5.32 Å². The molecule has 0 saturated carbocycles. The van der Waals surface area contributed by atoms with Gasteiger partial charge < -0.3 is 15.2 Å². The van der Waals surface area contributed by atoms with Crippen molar-refractivity contribution in [2.75, 3.05) is 20.0 Å². The number of hydrogen-bond donors (Lipinski definition) is 2. The maximum atomic E-state index is 12.6. The Kier molecular flexibility index (Phi) is 9.74. The van der Waals surface area contributed by atoms with E-state index in [4.69, 9.17) is 15.2 Å². The number of carbonyl (C=O) groups excluding carboxylic acids is 2. The highest BCUT2D eigenvalue weighted by molar-refractivity contribution is 8.00. The molecule has 2 aromatic carbocycles. The first-order valence-corrected chi connectivity index (χ1v) is 12.0. The Labute approximate surface area is 192 Å².